The molecule has 108 valence electrons. The molecular weight excluding hydrogens is 264 g/mol. The average Bonchev–Trinajstić information content (AvgIpc) is 2.74. The molecule has 0 saturated heterocycles. The lowest BCUT2D eigenvalue weighted by Crippen LogP contribution is -2.34. The van der Waals surface area contributed by atoms with Crippen molar-refractivity contribution in [2.75, 3.05) is 25.0 Å². The Morgan fingerprint density at radius 3 is 3.10 bits per heavy atom. The van der Waals surface area contributed by atoms with Crippen molar-refractivity contribution in [3.05, 3.63) is 29.3 Å². The molecule has 0 bridgehead atoms. The molecule has 2 amide bonds. The number of nitrogens with zero attached hydrogens (tertiary/aromatic N) is 3. The zero-order valence-corrected chi connectivity index (χ0v) is 12.0. The Morgan fingerprint density at radius 1 is 1.52 bits per heavy atom. The van der Waals surface area contributed by atoms with Gasteiger partial charge in [-0.2, -0.15) is 4.99 Å². The highest BCUT2D eigenvalue weighted by Crippen LogP contribution is 2.32. The van der Waals surface area contributed by atoms with E-state index in [1.54, 1.807) is 0 Å². The van der Waals surface area contributed by atoms with Gasteiger partial charge in [-0.25, -0.2) is 4.79 Å². The van der Waals surface area contributed by atoms with Crippen molar-refractivity contribution in [1.29, 1.82) is 0 Å². The lowest BCUT2D eigenvalue weighted by molar-refractivity contribution is 0.213. The van der Waals surface area contributed by atoms with E-state index in [4.69, 9.17) is 12.2 Å². The molecule has 5 nitrogen and oxygen atoms in total. The number of fused-ring (bicyclic) bond motifs is 1. The van der Waals surface area contributed by atoms with Crippen LogP contribution in [0.25, 0.3) is 0 Å². The first-order valence-electron chi connectivity index (χ1n) is 7.04. The minimum Gasteiger partial charge on any atom is -0.385 e. The quantitative estimate of drug-likeness (QED) is 0.837. The Balaban J connectivity index is 1.98. The van der Waals surface area contributed by atoms with Gasteiger partial charge in [0.05, 0.1) is 6.54 Å². The third kappa shape index (κ3) is 2.23. The molecule has 3 rings (SSSR count). The SMILES string of the molecule is C#CCN1C(=O)N=C(N)C1c1ccc2c(c1)CCCN2C. The molecule has 21 heavy (non-hydrogen) atoms. The van der Waals surface area contributed by atoms with Gasteiger partial charge in [-0.3, -0.25) is 4.90 Å². The third-order valence-corrected chi connectivity index (χ3v) is 4.09. The Morgan fingerprint density at radius 2 is 2.33 bits per heavy atom. The van der Waals surface area contributed by atoms with Crippen LogP contribution in [0.4, 0.5) is 10.5 Å². The molecule has 1 atom stereocenters. The molecule has 1 aromatic rings. The number of amides is 2. The summed E-state index contributed by atoms with van der Waals surface area (Å²) >= 11 is 0. The number of hydrogen-bond donors (Lipinski definition) is 1. The number of carbonyl (C=O) groups is 1. The smallest absolute Gasteiger partial charge is 0.346 e. The van der Waals surface area contributed by atoms with Crippen LogP contribution in [0.15, 0.2) is 23.2 Å². The molecule has 2 N–H and O–H groups in total. The summed E-state index contributed by atoms with van der Waals surface area (Å²) in [7, 11) is 2.09. The molecule has 2 aliphatic heterocycles. The largest absolute Gasteiger partial charge is 0.385 e. The molecule has 0 radical (unpaired) electrons. The lowest BCUT2D eigenvalue weighted by atomic mass is 9.96. The molecule has 0 saturated carbocycles. The molecule has 1 unspecified atom stereocenters. The van der Waals surface area contributed by atoms with Crippen molar-refractivity contribution in [2.45, 2.75) is 18.9 Å². The molecule has 0 aromatic heterocycles. The zero-order valence-electron chi connectivity index (χ0n) is 12.0. The summed E-state index contributed by atoms with van der Waals surface area (Å²) in [5, 5.41) is 0. The topological polar surface area (TPSA) is 61.9 Å². The first-order chi connectivity index (χ1) is 10.1. The van der Waals surface area contributed by atoms with Crippen molar-refractivity contribution in [3.8, 4) is 12.3 Å². The second kappa shape index (κ2) is 5.13. The fourth-order valence-corrected chi connectivity index (χ4v) is 3.09. The summed E-state index contributed by atoms with van der Waals surface area (Å²) in [5.41, 5.74) is 9.44. The van der Waals surface area contributed by atoms with Gasteiger partial charge in [-0.15, -0.1) is 6.42 Å². The number of benzene rings is 1. The van der Waals surface area contributed by atoms with Crippen LogP contribution in [0.1, 0.15) is 23.6 Å². The fourth-order valence-electron chi connectivity index (χ4n) is 3.09. The number of rotatable bonds is 2. The highest BCUT2D eigenvalue weighted by atomic mass is 16.2. The number of urea groups is 1. The number of hydrogen-bond acceptors (Lipinski definition) is 3. The van der Waals surface area contributed by atoms with E-state index < -0.39 is 0 Å². The van der Waals surface area contributed by atoms with E-state index in [9.17, 15) is 4.79 Å². The second-order valence-electron chi connectivity index (χ2n) is 5.47. The molecular formula is C16H18N4O. The molecule has 1 aromatic carbocycles. The minimum absolute atomic E-state index is 0.213. The maximum absolute atomic E-state index is 11.9. The van der Waals surface area contributed by atoms with Gasteiger partial charge in [0.2, 0.25) is 0 Å². The van der Waals surface area contributed by atoms with Crippen molar-refractivity contribution in [1.82, 2.24) is 4.90 Å². The van der Waals surface area contributed by atoms with Crippen molar-refractivity contribution < 1.29 is 4.79 Å². The molecule has 2 aliphatic rings. The van der Waals surface area contributed by atoms with Gasteiger partial charge in [0, 0.05) is 19.3 Å². The first-order valence-corrected chi connectivity index (χ1v) is 7.04. The third-order valence-electron chi connectivity index (χ3n) is 4.09. The highest BCUT2D eigenvalue weighted by Gasteiger charge is 2.34. The predicted octanol–water partition coefficient (Wildman–Crippen LogP) is 1.54. The van der Waals surface area contributed by atoms with Crippen LogP contribution in [0, 0.1) is 12.3 Å². The van der Waals surface area contributed by atoms with E-state index in [0.717, 1.165) is 24.9 Å². The normalized spacial score (nSPS) is 21.0. The van der Waals surface area contributed by atoms with E-state index in [1.807, 2.05) is 6.07 Å². The van der Waals surface area contributed by atoms with Crippen LogP contribution in [0.3, 0.4) is 0 Å². The number of nitrogens with two attached hydrogens (primary N) is 1. The highest BCUT2D eigenvalue weighted by molar-refractivity contribution is 6.03. The number of anilines is 1. The van der Waals surface area contributed by atoms with Crippen LogP contribution in [0.2, 0.25) is 0 Å². The zero-order chi connectivity index (χ0) is 15.0. The molecule has 0 spiro atoms. The van der Waals surface area contributed by atoms with Gasteiger partial charge in [0.25, 0.3) is 0 Å². The monoisotopic (exact) mass is 282 g/mol. The van der Waals surface area contributed by atoms with E-state index in [0.29, 0.717) is 5.84 Å². The summed E-state index contributed by atoms with van der Waals surface area (Å²) in [5.74, 6) is 2.82. The van der Waals surface area contributed by atoms with Gasteiger partial charge >= 0.3 is 6.03 Å². The second-order valence-corrected chi connectivity index (χ2v) is 5.47. The van der Waals surface area contributed by atoms with Crippen LogP contribution < -0.4 is 10.6 Å². The molecule has 0 aliphatic carbocycles. The maximum atomic E-state index is 11.9. The summed E-state index contributed by atoms with van der Waals surface area (Å²) in [6.45, 7) is 1.28. The number of amidine groups is 1. The van der Waals surface area contributed by atoms with E-state index in [2.05, 4.69) is 35.0 Å². The Hall–Kier alpha value is -2.48. The van der Waals surface area contributed by atoms with Crippen LogP contribution in [-0.2, 0) is 6.42 Å². The summed E-state index contributed by atoms with van der Waals surface area (Å²) in [6, 6.07) is 5.53. The van der Waals surface area contributed by atoms with Gasteiger partial charge < -0.3 is 10.6 Å². The molecule has 5 heteroatoms. The number of aliphatic imine (C=N–C) groups is 1. The van der Waals surface area contributed by atoms with Crippen molar-refractivity contribution >= 4 is 17.6 Å². The number of aryl methyl sites for hydroxylation is 1. The lowest BCUT2D eigenvalue weighted by Gasteiger charge is -2.29. The van der Waals surface area contributed by atoms with Gasteiger partial charge in [0.15, 0.2) is 0 Å². The van der Waals surface area contributed by atoms with Crippen LogP contribution in [0.5, 0.6) is 0 Å². The Labute approximate surface area is 124 Å². The Bertz CT molecular complexity index is 659. The number of carbonyl (C=O) groups excluding carboxylic acids is 1. The average molecular weight is 282 g/mol. The van der Waals surface area contributed by atoms with Gasteiger partial charge in [0.1, 0.15) is 11.9 Å². The molecule has 2 heterocycles. The summed E-state index contributed by atoms with van der Waals surface area (Å²) in [4.78, 5) is 19.5. The Kier molecular flexibility index (Phi) is 3.30. The summed E-state index contributed by atoms with van der Waals surface area (Å²) in [6.07, 6.45) is 7.52. The van der Waals surface area contributed by atoms with Crippen molar-refractivity contribution in [3.63, 3.8) is 0 Å². The van der Waals surface area contributed by atoms with Crippen molar-refractivity contribution in [2.24, 2.45) is 10.7 Å². The van der Waals surface area contributed by atoms with E-state index in [1.165, 1.54) is 16.2 Å². The van der Waals surface area contributed by atoms with Gasteiger partial charge in [-0.05, 0) is 30.0 Å². The maximum Gasteiger partial charge on any atom is 0.346 e. The minimum atomic E-state index is -0.356. The standard InChI is InChI=1S/C16H18N4O/c1-3-8-20-14(15(17)18-16(20)21)12-6-7-13-11(10-12)5-4-9-19(13)2/h1,6-7,10,14H,4-5,8-9H2,2H3,(H2,17,18,21). The fraction of sp³-hybridized carbons (Fsp3) is 0.375. The van der Waals surface area contributed by atoms with Crippen LogP contribution in [-0.4, -0.2) is 36.9 Å². The molecule has 0 fully saturated rings. The number of terminal acetylenes is 1. The van der Waals surface area contributed by atoms with Crippen LogP contribution >= 0.6 is 0 Å². The predicted molar refractivity (Wildman–Crippen MR) is 83.3 cm³/mol. The van der Waals surface area contributed by atoms with Gasteiger partial charge in [-0.1, -0.05) is 18.1 Å². The van der Waals surface area contributed by atoms with E-state index >= 15 is 0 Å². The summed E-state index contributed by atoms with van der Waals surface area (Å²) < 4.78 is 0. The van der Waals surface area contributed by atoms with E-state index in [-0.39, 0.29) is 18.6 Å². The first kappa shape index (κ1) is 13.5.